The van der Waals surface area contributed by atoms with Crippen molar-refractivity contribution < 1.29 is 0 Å². The lowest BCUT2D eigenvalue weighted by Crippen LogP contribution is -2.43. The SMILES string of the molecule is Cn1nc(-c2ccccc2Cl)c(=O)c2cnc(Nc3ccc(N4CCNCC4)cc3)nc21. The summed E-state index contributed by atoms with van der Waals surface area (Å²) in [6, 6.07) is 15.3. The zero-order valence-corrected chi connectivity index (χ0v) is 18.3. The molecule has 9 heteroatoms. The van der Waals surface area contributed by atoms with Crippen LogP contribution in [0.5, 0.6) is 0 Å². The molecule has 0 unspecified atom stereocenters. The summed E-state index contributed by atoms with van der Waals surface area (Å²) in [6.45, 7) is 3.99. The van der Waals surface area contributed by atoms with Crippen LogP contribution < -0.4 is 21.0 Å². The van der Waals surface area contributed by atoms with Crippen LogP contribution in [0.25, 0.3) is 22.3 Å². The Morgan fingerprint density at radius 2 is 1.81 bits per heavy atom. The first-order chi connectivity index (χ1) is 15.6. The molecule has 1 fully saturated rings. The average Bonchev–Trinajstić information content (AvgIpc) is 2.83. The minimum absolute atomic E-state index is 0.252. The van der Waals surface area contributed by atoms with Crippen LogP contribution in [0, 0.1) is 0 Å². The molecule has 3 heterocycles. The molecule has 1 aliphatic heterocycles. The lowest BCUT2D eigenvalue weighted by molar-refractivity contribution is 0.589. The molecule has 2 aromatic heterocycles. The molecule has 2 aromatic carbocycles. The smallest absolute Gasteiger partial charge is 0.229 e. The van der Waals surface area contributed by atoms with Gasteiger partial charge in [0.05, 0.1) is 10.4 Å². The first-order valence-corrected chi connectivity index (χ1v) is 10.8. The van der Waals surface area contributed by atoms with E-state index in [0.29, 0.717) is 27.6 Å². The van der Waals surface area contributed by atoms with Crippen LogP contribution >= 0.6 is 11.6 Å². The number of fused-ring (bicyclic) bond motifs is 1. The van der Waals surface area contributed by atoms with Crippen molar-refractivity contribution >= 4 is 40.0 Å². The van der Waals surface area contributed by atoms with Crippen LogP contribution in [-0.2, 0) is 7.05 Å². The maximum absolute atomic E-state index is 13.0. The van der Waals surface area contributed by atoms with Crippen molar-refractivity contribution in [1.82, 2.24) is 25.1 Å². The van der Waals surface area contributed by atoms with Crippen LogP contribution in [0.15, 0.2) is 59.5 Å². The van der Waals surface area contributed by atoms with Gasteiger partial charge in [0.15, 0.2) is 5.65 Å². The lowest BCUT2D eigenvalue weighted by atomic mass is 10.1. The second-order valence-corrected chi connectivity index (χ2v) is 8.03. The number of halogens is 1. The van der Waals surface area contributed by atoms with Crippen LogP contribution in [0.4, 0.5) is 17.3 Å². The highest BCUT2D eigenvalue weighted by atomic mass is 35.5. The van der Waals surface area contributed by atoms with Crippen molar-refractivity contribution in [1.29, 1.82) is 0 Å². The summed E-state index contributed by atoms with van der Waals surface area (Å²) < 4.78 is 1.58. The molecule has 1 aliphatic rings. The Kier molecular flexibility index (Phi) is 5.46. The molecule has 4 aromatic rings. The number of anilines is 3. The Morgan fingerprint density at radius 1 is 1.06 bits per heavy atom. The third-order valence-corrected chi connectivity index (χ3v) is 5.85. The van der Waals surface area contributed by atoms with Gasteiger partial charge in [-0.1, -0.05) is 29.8 Å². The van der Waals surface area contributed by atoms with Gasteiger partial charge in [-0.15, -0.1) is 0 Å². The van der Waals surface area contributed by atoms with Gasteiger partial charge in [0.2, 0.25) is 11.4 Å². The Hall–Kier alpha value is -3.49. The van der Waals surface area contributed by atoms with Gasteiger partial charge in [-0.25, -0.2) is 9.67 Å². The number of nitrogens with zero attached hydrogens (tertiary/aromatic N) is 5. The van der Waals surface area contributed by atoms with Gasteiger partial charge in [-0.2, -0.15) is 10.1 Å². The molecule has 32 heavy (non-hydrogen) atoms. The Bertz CT molecular complexity index is 1330. The van der Waals surface area contributed by atoms with E-state index in [2.05, 4.69) is 42.7 Å². The van der Waals surface area contributed by atoms with Crippen LogP contribution in [0.3, 0.4) is 0 Å². The minimum atomic E-state index is -0.252. The molecular weight excluding hydrogens is 426 g/mol. The van der Waals surface area contributed by atoms with Gasteiger partial charge in [-0.3, -0.25) is 4.79 Å². The van der Waals surface area contributed by atoms with Gasteiger partial charge < -0.3 is 15.5 Å². The third-order valence-electron chi connectivity index (χ3n) is 5.52. The molecule has 0 amide bonds. The number of rotatable bonds is 4. The van der Waals surface area contributed by atoms with Gasteiger partial charge in [0, 0.05) is 56.4 Å². The predicted octanol–water partition coefficient (Wildman–Crippen LogP) is 3.20. The average molecular weight is 448 g/mol. The Balaban J connectivity index is 1.44. The van der Waals surface area contributed by atoms with Gasteiger partial charge in [0.1, 0.15) is 5.69 Å². The van der Waals surface area contributed by atoms with E-state index in [-0.39, 0.29) is 11.1 Å². The first kappa shape index (κ1) is 20.4. The molecule has 0 atom stereocenters. The molecule has 2 N–H and O–H groups in total. The van der Waals surface area contributed by atoms with E-state index in [0.717, 1.165) is 31.9 Å². The van der Waals surface area contributed by atoms with E-state index >= 15 is 0 Å². The fourth-order valence-electron chi connectivity index (χ4n) is 3.85. The fourth-order valence-corrected chi connectivity index (χ4v) is 4.07. The van der Waals surface area contributed by atoms with E-state index in [9.17, 15) is 4.79 Å². The number of hydrogen-bond acceptors (Lipinski definition) is 7. The summed E-state index contributed by atoms with van der Waals surface area (Å²) in [5, 5.41) is 11.9. The van der Waals surface area contributed by atoms with Crippen LogP contribution in [0.1, 0.15) is 0 Å². The highest BCUT2D eigenvalue weighted by Crippen LogP contribution is 2.25. The normalized spacial score (nSPS) is 14.0. The summed E-state index contributed by atoms with van der Waals surface area (Å²) in [7, 11) is 1.75. The fraction of sp³-hybridized carbons (Fsp3) is 0.217. The minimum Gasteiger partial charge on any atom is -0.369 e. The second kappa shape index (κ2) is 8.57. The molecular formula is C23H22ClN7O. The Labute approximate surface area is 189 Å². The zero-order valence-electron chi connectivity index (χ0n) is 17.5. The van der Waals surface area contributed by atoms with Gasteiger partial charge in [-0.05, 0) is 30.3 Å². The maximum Gasteiger partial charge on any atom is 0.229 e. The molecule has 0 spiro atoms. The summed E-state index contributed by atoms with van der Waals surface area (Å²) in [5.41, 5.74) is 3.12. The van der Waals surface area contributed by atoms with E-state index in [4.69, 9.17) is 11.6 Å². The molecule has 0 bridgehead atoms. The van der Waals surface area contributed by atoms with Crippen molar-refractivity contribution in [3.63, 3.8) is 0 Å². The molecule has 0 aliphatic carbocycles. The van der Waals surface area contributed by atoms with Crippen molar-refractivity contribution in [2.24, 2.45) is 7.05 Å². The number of nitrogens with one attached hydrogen (secondary N) is 2. The number of hydrogen-bond donors (Lipinski definition) is 2. The number of aromatic nitrogens is 4. The van der Waals surface area contributed by atoms with Crippen molar-refractivity contribution in [2.45, 2.75) is 0 Å². The van der Waals surface area contributed by atoms with E-state index in [1.54, 1.807) is 23.9 Å². The third kappa shape index (κ3) is 3.90. The molecule has 8 nitrogen and oxygen atoms in total. The highest BCUT2D eigenvalue weighted by molar-refractivity contribution is 6.33. The first-order valence-electron chi connectivity index (χ1n) is 10.4. The highest BCUT2D eigenvalue weighted by Gasteiger charge is 2.16. The van der Waals surface area contributed by atoms with Gasteiger partial charge >= 0.3 is 0 Å². The summed E-state index contributed by atoms with van der Waals surface area (Å²) in [5.74, 6) is 0.398. The molecule has 0 radical (unpaired) electrons. The number of piperazine rings is 1. The van der Waals surface area contributed by atoms with Gasteiger partial charge in [0.25, 0.3) is 0 Å². The molecule has 1 saturated heterocycles. The van der Waals surface area contributed by atoms with Crippen LogP contribution in [0.2, 0.25) is 5.02 Å². The van der Waals surface area contributed by atoms with E-state index < -0.39 is 0 Å². The van der Waals surface area contributed by atoms with Crippen molar-refractivity contribution in [3.8, 4) is 11.3 Å². The van der Waals surface area contributed by atoms with E-state index in [1.807, 2.05) is 24.3 Å². The zero-order chi connectivity index (χ0) is 22.1. The largest absolute Gasteiger partial charge is 0.369 e. The summed E-state index contributed by atoms with van der Waals surface area (Å²) >= 11 is 6.27. The quantitative estimate of drug-likeness (QED) is 0.496. The van der Waals surface area contributed by atoms with E-state index in [1.165, 1.54) is 11.9 Å². The number of benzene rings is 2. The Morgan fingerprint density at radius 3 is 2.56 bits per heavy atom. The summed E-state index contributed by atoms with van der Waals surface area (Å²) in [6.07, 6.45) is 1.53. The molecule has 5 rings (SSSR count). The second-order valence-electron chi connectivity index (χ2n) is 7.62. The lowest BCUT2D eigenvalue weighted by Gasteiger charge is -2.29. The topological polar surface area (TPSA) is 88.0 Å². The van der Waals surface area contributed by atoms with Crippen LogP contribution in [-0.4, -0.2) is 45.9 Å². The molecule has 0 saturated carbocycles. The van der Waals surface area contributed by atoms with Crippen molar-refractivity contribution in [3.05, 3.63) is 70.0 Å². The summed E-state index contributed by atoms with van der Waals surface area (Å²) in [4.78, 5) is 24.3. The van der Waals surface area contributed by atoms with Crippen molar-refractivity contribution in [2.75, 3.05) is 36.4 Å². The standard InChI is InChI=1S/C23H22ClN7O/c1-30-22-18(21(32)20(29-30)17-4-2-3-5-19(17)24)14-26-23(28-22)27-15-6-8-16(9-7-15)31-12-10-25-11-13-31/h2-9,14,25H,10-13H2,1H3,(H,26,27,28). The predicted molar refractivity (Wildman–Crippen MR) is 128 cm³/mol. The maximum atomic E-state index is 13.0. The monoisotopic (exact) mass is 447 g/mol. The molecule has 162 valence electrons. The number of aryl methyl sites for hydroxylation is 1.